The number of Topliss-reactive ketones (excluding diaryl/α,β-unsaturated/α-hetero) is 1. The lowest BCUT2D eigenvalue weighted by molar-refractivity contribution is 0.101. The lowest BCUT2D eigenvalue weighted by Gasteiger charge is -2.09. The van der Waals surface area contributed by atoms with Gasteiger partial charge in [-0.3, -0.25) is 9.59 Å². The molecule has 0 bridgehead atoms. The van der Waals surface area contributed by atoms with Crippen LogP contribution in [-0.2, 0) is 0 Å². The number of carbonyl (C=O) groups is 3. The Morgan fingerprint density at radius 2 is 1.21 bits per heavy atom. The summed E-state index contributed by atoms with van der Waals surface area (Å²) in [5.74, 6) is -0.374. The molecule has 3 rings (SSSR count). The molecule has 0 fully saturated rings. The number of ketones is 1. The Labute approximate surface area is 162 Å². The molecule has 0 aliphatic heterocycles. The van der Waals surface area contributed by atoms with Crippen LogP contribution in [0.4, 0.5) is 21.9 Å². The topological polar surface area (TPSA) is 87.3 Å². The van der Waals surface area contributed by atoms with E-state index < -0.39 is 0 Å². The van der Waals surface area contributed by atoms with E-state index in [1.54, 1.807) is 60.7 Å². The fraction of sp³-hybridized carbons (Fsp3) is 0.0455. The average molecular weight is 373 g/mol. The van der Waals surface area contributed by atoms with Crippen LogP contribution in [0.1, 0.15) is 27.6 Å². The average Bonchev–Trinajstić information content (AvgIpc) is 2.69. The number of amides is 3. The van der Waals surface area contributed by atoms with Crippen molar-refractivity contribution >= 4 is 34.8 Å². The van der Waals surface area contributed by atoms with Crippen LogP contribution in [0.2, 0.25) is 0 Å². The predicted molar refractivity (Wildman–Crippen MR) is 110 cm³/mol. The van der Waals surface area contributed by atoms with Crippen molar-refractivity contribution in [1.82, 2.24) is 0 Å². The first-order chi connectivity index (χ1) is 13.5. The fourth-order valence-corrected chi connectivity index (χ4v) is 2.54. The Balaban J connectivity index is 1.60. The van der Waals surface area contributed by atoms with Crippen LogP contribution >= 0.6 is 0 Å². The van der Waals surface area contributed by atoms with Gasteiger partial charge in [0.05, 0.1) is 0 Å². The van der Waals surface area contributed by atoms with Crippen LogP contribution in [0.15, 0.2) is 78.9 Å². The van der Waals surface area contributed by atoms with Crippen molar-refractivity contribution in [3.05, 3.63) is 90.0 Å². The predicted octanol–water partition coefficient (Wildman–Crippen LogP) is 4.79. The van der Waals surface area contributed by atoms with Gasteiger partial charge in [0.2, 0.25) is 0 Å². The second kappa shape index (κ2) is 8.64. The van der Waals surface area contributed by atoms with Gasteiger partial charge in [-0.2, -0.15) is 0 Å². The summed E-state index contributed by atoms with van der Waals surface area (Å²) in [4.78, 5) is 35.8. The molecule has 6 heteroatoms. The molecule has 0 heterocycles. The van der Waals surface area contributed by atoms with Crippen molar-refractivity contribution in [3.8, 4) is 0 Å². The second-order valence-corrected chi connectivity index (χ2v) is 6.11. The van der Waals surface area contributed by atoms with Gasteiger partial charge in [-0.25, -0.2) is 4.79 Å². The molecule has 0 atom stereocenters. The zero-order valence-electron chi connectivity index (χ0n) is 15.2. The van der Waals surface area contributed by atoms with E-state index in [4.69, 9.17) is 0 Å². The molecule has 0 unspecified atom stereocenters. The van der Waals surface area contributed by atoms with Gasteiger partial charge in [-0.05, 0) is 55.5 Å². The molecule has 3 aromatic rings. The van der Waals surface area contributed by atoms with Gasteiger partial charge in [0.1, 0.15) is 0 Å². The van der Waals surface area contributed by atoms with Crippen molar-refractivity contribution in [1.29, 1.82) is 0 Å². The third-order valence-electron chi connectivity index (χ3n) is 3.96. The summed E-state index contributed by atoms with van der Waals surface area (Å²) in [7, 11) is 0. The van der Waals surface area contributed by atoms with Gasteiger partial charge in [-0.15, -0.1) is 0 Å². The quantitative estimate of drug-likeness (QED) is 0.562. The van der Waals surface area contributed by atoms with Gasteiger partial charge < -0.3 is 16.0 Å². The number of benzene rings is 3. The maximum atomic E-state index is 12.4. The number of rotatable bonds is 5. The highest BCUT2D eigenvalue weighted by Crippen LogP contribution is 2.15. The number of nitrogens with one attached hydrogen (secondary N) is 3. The Morgan fingerprint density at radius 3 is 1.86 bits per heavy atom. The third kappa shape index (κ3) is 5.04. The standard InChI is InChI=1S/C22H19N3O3/c1-15(26)17-6-5-9-20(14-17)23-21(27)16-10-12-19(13-11-16)25-22(28)24-18-7-3-2-4-8-18/h2-14H,1H3,(H,23,27)(H2,24,25,28). The van der Waals surface area contributed by atoms with E-state index in [1.807, 2.05) is 18.2 Å². The van der Waals surface area contributed by atoms with Gasteiger partial charge in [0.25, 0.3) is 5.91 Å². The van der Waals surface area contributed by atoms with E-state index in [2.05, 4.69) is 16.0 Å². The van der Waals surface area contributed by atoms with Crippen molar-refractivity contribution in [3.63, 3.8) is 0 Å². The number of urea groups is 1. The monoisotopic (exact) mass is 373 g/mol. The molecule has 0 aromatic heterocycles. The molecular weight excluding hydrogens is 354 g/mol. The molecule has 6 nitrogen and oxygen atoms in total. The van der Waals surface area contributed by atoms with Gasteiger partial charge in [0.15, 0.2) is 5.78 Å². The Bertz CT molecular complexity index is 999. The normalized spacial score (nSPS) is 10.0. The van der Waals surface area contributed by atoms with Gasteiger partial charge in [0, 0.05) is 28.2 Å². The summed E-state index contributed by atoms with van der Waals surface area (Å²) >= 11 is 0. The lowest BCUT2D eigenvalue weighted by Crippen LogP contribution is -2.19. The maximum absolute atomic E-state index is 12.4. The van der Waals surface area contributed by atoms with Crippen LogP contribution in [0.5, 0.6) is 0 Å². The fourth-order valence-electron chi connectivity index (χ4n) is 2.54. The first-order valence-corrected chi connectivity index (χ1v) is 8.67. The summed E-state index contributed by atoms with van der Waals surface area (Å²) in [6, 6.07) is 22.0. The lowest BCUT2D eigenvalue weighted by atomic mass is 10.1. The highest BCUT2D eigenvalue weighted by Gasteiger charge is 2.08. The molecule has 140 valence electrons. The summed E-state index contributed by atoms with van der Waals surface area (Å²) in [6.07, 6.45) is 0. The summed E-state index contributed by atoms with van der Waals surface area (Å²) in [5.41, 5.74) is 2.75. The number of para-hydroxylation sites is 1. The summed E-state index contributed by atoms with van der Waals surface area (Å²) in [5, 5.41) is 8.18. The molecule has 0 saturated carbocycles. The summed E-state index contributed by atoms with van der Waals surface area (Å²) in [6.45, 7) is 1.47. The van der Waals surface area contributed by atoms with E-state index in [1.165, 1.54) is 6.92 Å². The zero-order chi connectivity index (χ0) is 19.9. The Morgan fingerprint density at radius 1 is 0.607 bits per heavy atom. The van der Waals surface area contributed by atoms with Gasteiger partial charge in [-0.1, -0.05) is 30.3 Å². The minimum absolute atomic E-state index is 0.0692. The van der Waals surface area contributed by atoms with Crippen LogP contribution in [0.25, 0.3) is 0 Å². The molecule has 0 aliphatic carbocycles. The number of hydrogen-bond acceptors (Lipinski definition) is 3. The van der Waals surface area contributed by atoms with E-state index >= 15 is 0 Å². The molecule has 0 spiro atoms. The van der Waals surface area contributed by atoms with Crippen LogP contribution in [0, 0.1) is 0 Å². The highest BCUT2D eigenvalue weighted by atomic mass is 16.2. The molecule has 0 aliphatic rings. The molecule has 0 radical (unpaired) electrons. The molecular formula is C22H19N3O3. The van der Waals surface area contributed by atoms with E-state index in [0.717, 1.165) is 0 Å². The van der Waals surface area contributed by atoms with Crippen LogP contribution < -0.4 is 16.0 Å². The van der Waals surface area contributed by atoms with Crippen molar-refractivity contribution in [2.45, 2.75) is 6.92 Å². The first kappa shape index (κ1) is 18.8. The van der Waals surface area contributed by atoms with E-state index in [-0.39, 0.29) is 17.7 Å². The van der Waals surface area contributed by atoms with Crippen LogP contribution in [0.3, 0.4) is 0 Å². The Hall–Kier alpha value is -3.93. The molecule has 3 amide bonds. The molecule has 0 saturated heterocycles. The highest BCUT2D eigenvalue weighted by molar-refractivity contribution is 6.06. The molecule has 28 heavy (non-hydrogen) atoms. The largest absolute Gasteiger partial charge is 0.323 e. The van der Waals surface area contributed by atoms with Gasteiger partial charge >= 0.3 is 6.03 Å². The number of carbonyl (C=O) groups excluding carboxylic acids is 3. The smallest absolute Gasteiger partial charge is 0.322 e. The van der Waals surface area contributed by atoms with Crippen molar-refractivity contribution in [2.75, 3.05) is 16.0 Å². The van der Waals surface area contributed by atoms with E-state index in [9.17, 15) is 14.4 Å². The number of anilines is 3. The summed E-state index contributed by atoms with van der Waals surface area (Å²) < 4.78 is 0. The minimum atomic E-state index is -0.371. The van der Waals surface area contributed by atoms with E-state index in [0.29, 0.717) is 28.2 Å². The van der Waals surface area contributed by atoms with Crippen molar-refractivity contribution in [2.24, 2.45) is 0 Å². The van der Waals surface area contributed by atoms with Crippen molar-refractivity contribution < 1.29 is 14.4 Å². The molecule has 3 aromatic carbocycles. The first-order valence-electron chi connectivity index (χ1n) is 8.67. The SMILES string of the molecule is CC(=O)c1cccc(NC(=O)c2ccc(NC(=O)Nc3ccccc3)cc2)c1. The third-order valence-corrected chi connectivity index (χ3v) is 3.96. The second-order valence-electron chi connectivity index (χ2n) is 6.11. The maximum Gasteiger partial charge on any atom is 0.323 e. The number of hydrogen-bond donors (Lipinski definition) is 3. The Kier molecular flexibility index (Phi) is 5.81. The zero-order valence-corrected chi connectivity index (χ0v) is 15.2. The minimum Gasteiger partial charge on any atom is -0.322 e. The van der Waals surface area contributed by atoms with Crippen LogP contribution in [-0.4, -0.2) is 17.7 Å². The molecule has 3 N–H and O–H groups in total.